The van der Waals surface area contributed by atoms with Gasteiger partial charge in [0.1, 0.15) is 0 Å². The van der Waals surface area contributed by atoms with Gasteiger partial charge in [0.2, 0.25) is 0 Å². The lowest BCUT2D eigenvalue weighted by atomic mass is 10.0. The molecular formula is C14H16FN3. The molecule has 0 heterocycles. The maximum absolute atomic E-state index is 14.2. The van der Waals surface area contributed by atoms with Crippen LogP contribution in [0.15, 0.2) is 64.5 Å². The van der Waals surface area contributed by atoms with Crippen LogP contribution in [-0.4, -0.2) is 24.8 Å². The van der Waals surface area contributed by atoms with E-state index >= 15 is 0 Å². The van der Waals surface area contributed by atoms with Crippen molar-refractivity contribution in [1.82, 2.24) is 4.90 Å². The van der Waals surface area contributed by atoms with Gasteiger partial charge in [-0.25, -0.2) is 4.39 Å². The van der Waals surface area contributed by atoms with Crippen LogP contribution < -0.4 is 0 Å². The van der Waals surface area contributed by atoms with Gasteiger partial charge in [-0.2, -0.15) is 10.2 Å². The zero-order valence-electron chi connectivity index (χ0n) is 10.5. The van der Waals surface area contributed by atoms with Gasteiger partial charge in [0.05, 0.1) is 11.4 Å². The van der Waals surface area contributed by atoms with E-state index in [1.165, 1.54) is 6.08 Å². The maximum Gasteiger partial charge on any atom is 0.186 e. The average Bonchev–Trinajstić information content (AvgIpc) is 2.39. The fourth-order valence-electron chi connectivity index (χ4n) is 1.61. The van der Waals surface area contributed by atoms with Crippen molar-refractivity contribution < 1.29 is 4.39 Å². The molecule has 4 heteroatoms. The topological polar surface area (TPSA) is 28.0 Å². The lowest BCUT2D eigenvalue weighted by Crippen LogP contribution is -2.38. The highest BCUT2D eigenvalue weighted by Crippen LogP contribution is 2.27. The van der Waals surface area contributed by atoms with Crippen molar-refractivity contribution in [2.24, 2.45) is 10.2 Å². The molecule has 1 aromatic carbocycles. The van der Waals surface area contributed by atoms with Crippen LogP contribution in [0.1, 0.15) is 6.42 Å². The van der Waals surface area contributed by atoms with Gasteiger partial charge in [0, 0.05) is 6.42 Å². The number of azo groups is 1. The predicted octanol–water partition coefficient (Wildman–Crippen LogP) is 3.84. The quantitative estimate of drug-likeness (QED) is 0.587. The van der Waals surface area contributed by atoms with Crippen LogP contribution in [-0.2, 0) is 0 Å². The van der Waals surface area contributed by atoms with E-state index in [9.17, 15) is 4.39 Å². The highest BCUT2D eigenvalue weighted by molar-refractivity contribution is 5.35. The van der Waals surface area contributed by atoms with Gasteiger partial charge >= 0.3 is 0 Å². The summed E-state index contributed by atoms with van der Waals surface area (Å²) in [5.41, 5.74) is 1.48. The smallest absolute Gasteiger partial charge is 0.186 e. The molecule has 0 fully saturated rings. The van der Waals surface area contributed by atoms with E-state index in [1.807, 2.05) is 30.3 Å². The van der Waals surface area contributed by atoms with E-state index in [4.69, 9.17) is 0 Å². The molecule has 0 N–H and O–H groups in total. The van der Waals surface area contributed by atoms with E-state index in [0.717, 1.165) is 5.69 Å². The second-order valence-corrected chi connectivity index (χ2v) is 4.42. The molecule has 0 aromatic heterocycles. The SMILES string of the molecule is CN(C)C1(F)C=CC(N=Nc2ccccc2)=CC1. The van der Waals surface area contributed by atoms with E-state index < -0.39 is 5.79 Å². The first-order valence-electron chi connectivity index (χ1n) is 5.83. The molecule has 2 rings (SSSR count). The molecule has 3 nitrogen and oxygen atoms in total. The first kappa shape index (κ1) is 12.6. The number of halogens is 1. The van der Waals surface area contributed by atoms with Crippen molar-refractivity contribution in [3.05, 3.63) is 54.3 Å². The molecule has 0 saturated heterocycles. The summed E-state index contributed by atoms with van der Waals surface area (Å²) in [6, 6.07) is 9.47. The Balaban J connectivity index is 2.04. The first-order chi connectivity index (χ1) is 8.60. The third kappa shape index (κ3) is 2.90. The molecule has 18 heavy (non-hydrogen) atoms. The summed E-state index contributed by atoms with van der Waals surface area (Å²) in [5, 5.41) is 8.18. The van der Waals surface area contributed by atoms with Crippen molar-refractivity contribution in [1.29, 1.82) is 0 Å². The highest BCUT2D eigenvalue weighted by atomic mass is 19.1. The van der Waals surface area contributed by atoms with Crippen LogP contribution in [0.4, 0.5) is 10.1 Å². The Kier molecular flexibility index (Phi) is 3.67. The van der Waals surface area contributed by atoms with Crippen LogP contribution in [0.25, 0.3) is 0 Å². The van der Waals surface area contributed by atoms with Crippen LogP contribution in [0.2, 0.25) is 0 Å². The van der Waals surface area contributed by atoms with Crippen molar-refractivity contribution in [3.63, 3.8) is 0 Å². The monoisotopic (exact) mass is 245 g/mol. The fourth-order valence-corrected chi connectivity index (χ4v) is 1.61. The molecule has 0 spiro atoms. The molecule has 1 unspecified atom stereocenters. The lowest BCUT2D eigenvalue weighted by Gasteiger charge is -2.29. The van der Waals surface area contributed by atoms with E-state index in [1.54, 1.807) is 31.1 Å². The zero-order valence-corrected chi connectivity index (χ0v) is 10.5. The second-order valence-electron chi connectivity index (χ2n) is 4.42. The minimum atomic E-state index is -1.41. The Morgan fingerprint density at radius 3 is 2.44 bits per heavy atom. The van der Waals surface area contributed by atoms with Crippen molar-refractivity contribution >= 4 is 5.69 Å². The molecule has 0 radical (unpaired) electrons. The van der Waals surface area contributed by atoms with Crippen molar-refractivity contribution in [2.75, 3.05) is 14.1 Å². The molecule has 0 saturated carbocycles. The standard InChI is InChI=1S/C14H16FN3/c1-18(2)14(15)10-8-13(9-11-14)17-16-12-6-4-3-5-7-12/h3-10H,11H2,1-2H3. The number of benzene rings is 1. The third-order valence-electron chi connectivity index (χ3n) is 2.89. The number of allylic oxidation sites excluding steroid dienone is 1. The minimum absolute atomic E-state index is 0.291. The molecule has 0 aliphatic heterocycles. The Bertz CT molecular complexity index is 491. The molecule has 0 amide bonds. The Labute approximate surface area is 106 Å². The average molecular weight is 245 g/mol. The summed E-state index contributed by atoms with van der Waals surface area (Å²) in [5.74, 6) is -1.41. The first-order valence-corrected chi connectivity index (χ1v) is 5.83. The summed E-state index contributed by atoms with van der Waals surface area (Å²) in [7, 11) is 3.43. The van der Waals surface area contributed by atoms with Crippen LogP contribution >= 0.6 is 0 Å². The number of nitrogens with zero attached hydrogens (tertiary/aromatic N) is 3. The largest absolute Gasteiger partial charge is 0.274 e. The number of hydrogen-bond donors (Lipinski definition) is 0. The summed E-state index contributed by atoms with van der Waals surface area (Å²) in [6.45, 7) is 0. The van der Waals surface area contributed by atoms with Crippen LogP contribution in [0.5, 0.6) is 0 Å². The van der Waals surface area contributed by atoms with Crippen LogP contribution in [0.3, 0.4) is 0 Å². The normalized spacial score (nSPS) is 23.7. The van der Waals surface area contributed by atoms with Gasteiger partial charge in [-0.05, 0) is 38.4 Å². The van der Waals surface area contributed by atoms with E-state index in [-0.39, 0.29) is 0 Å². The van der Waals surface area contributed by atoms with Crippen molar-refractivity contribution in [3.8, 4) is 0 Å². The molecule has 0 bridgehead atoms. The Hall–Kier alpha value is -1.81. The third-order valence-corrected chi connectivity index (χ3v) is 2.89. The van der Waals surface area contributed by atoms with Crippen LogP contribution in [0, 0.1) is 0 Å². The minimum Gasteiger partial charge on any atom is -0.274 e. The van der Waals surface area contributed by atoms with Gasteiger partial charge in [-0.1, -0.05) is 24.3 Å². The Morgan fingerprint density at radius 1 is 1.17 bits per heavy atom. The second kappa shape index (κ2) is 5.23. The highest BCUT2D eigenvalue weighted by Gasteiger charge is 2.29. The summed E-state index contributed by atoms with van der Waals surface area (Å²) in [4.78, 5) is 1.55. The number of rotatable bonds is 3. The Morgan fingerprint density at radius 2 is 1.89 bits per heavy atom. The van der Waals surface area contributed by atoms with E-state index in [0.29, 0.717) is 12.1 Å². The molecule has 1 aromatic rings. The zero-order chi connectivity index (χ0) is 13.0. The summed E-state index contributed by atoms with van der Waals surface area (Å²) < 4.78 is 14.2. The summed E-state index contributed by atoms with van der Waals surface area (Å²) >= 11 is 0. The van der Waals surface area contributed by atoms with E-state index in [2.05, 4.69) is 10.2 Å². The van der Waals surface area contributed by atoms with Crippen molar-refractivity contribution in [2.45, 2.75) is 12.2 Å². The van der Waals surface area contributed by atoms with Gasteiger partial charge in [0.15, 0.2) is 5.79 Å². The number of alkyl halides is 1. The van der Waals surface area contributed by atoms with Gasteiger partial charge in [0.25, 0.3) is 0 Å². The fraction of sp³-hybridized carbons (Fsp3) is 0.286. The maximum atomic E-state index is 14.2. The van der Waals surface area contributed by atoms with Gasteiger partial charge < -0.3 is 0 Å². The summed E-state index contributed by atoms with van der Waals surface area (Å²) in [6.07, 6.45) is 5.23. The molecule has 1 atom stereocenters. The lowest BCUT2D eigenvalue weighted by molar-refractivity contribution is 0.0540. The molecule has 1 aliphatic carbocycles. The molecule has 1 aliphatic rings. The number of likely N-dealkylation sites (N-methyl/N-ethyl adjacent to an activating group) is 1. The molecular weight excluding hydrogens is 229 g/mol. The number of hydrogen-bond acceptors (Lipinski definition) is 3. The van der Waals surface area contributed by atoms with Gasteiger partial charge in [-0.3, -0.25) is 4.90 Å². The molecule has 94 valence electrons. The predicted molar refractivity (Wildman–Crippen MR) is 70.3 cm³/mol. The van der Waals surface area contributed by atoms with Gasteiger partial charge in [-0.15, -0.1) is 0 Å².